The Morgan fingerprint density at radius 2 is 1.23 bits per heavy atom. The van der Waals surface area contributed by atoms with E-state index in [1.54, 1.807) is 12.1 Å². The van der Waals surface area contributed by atoms with Crippen LogP contribution in [-0.4, -0.2) is 23.7 Å². The summed E-state index contributed by atoms with van der Waals surface area (Å²) in [5, 5.41) is 9.13. The Kier molecular flexibility index (Phi) is 16.2. The van der Waals surface area contributed by atoms with Crippen LogP contribution < -0.4 is 0 Å². The molecule has 0 saturated carbocycles. The normalized spacial score (nSPS) is 11.1. The van der Waals surface area contributed by atoms with Crippen molar-refractivity contribution in [3.8, 4) is 0 Å². The van der Waals surface area contributed by atoms with Crippen LogP contribution >= 0.6 is 0 Å². The maximum Gasteiger partial charge on any atom is 0.339 e. The zero-order chi connectivity index (χ0) is 22.6. The number of unbranched alkanes of at least 4 members (excludes halogenated alkanes) is 13. The first-order valence-corrected chi connectivity index (χ1v) is 12.3. The highest BCUT2D eigenvalue weighted by atomic mass is 16.5. The first-order valence-electron chi connectivity index (χ1n) is 12.3. The number of ether oxygens (including phenoxy) is 1. The monoisotopic (exact) mass is 430 g/mol. The Balaban J connectivity index is 1.92. The van der Waals surface area contributed by atoms with E-state index in [2.05, 4.69) is 19.1 Å². The molecule has 4 nitrogen and oxygen atoms in total. The van der Waals surface area contributed by atoms with Gasteiger partial charge in [0.25, 0.3) is 0 Å². The maximum absolute atomic E-state index is 12.0. The molecule has 1 aromatic carbocycles. The summed E-state index contributed by atoms with van der Waals surface area (Å²) < 4.78 is 5.23. The molecule has 0 bridgehead atoms. The van der Waals surface area contributed by atoms with E-state index in [0.29, 0.717) is 6.61 Å². The van der Waals surface area contributed by atoms with Crippen molar-refractivity contribution in [2.24, 2.45) is 0 Å². The molecule has 0 saturated heterocycles. The van der Waals surface area contributed by atoms with Crippen LogP contribution in [0.2, 0.25) is 0 Å². The molecule has 0 amide bonds. The van der Waals surface area contributed by atoms with Gasteiger partial charge in [0.15, 0.2) is 0 Å². The van der Waals surface area contributed by atoms with Crippen LogP contribution in [0.1, 0.15) is 124 Å². The highest BCUT2D eigenvalue weighted by Gasteiger charge is 2.16. The third-order valence-corrected chi connectivity index (χ3v) is 5.52. The van der Waals surface area contributed by atoms with E-state index in [9.17, 15) is 9.59 Å². The minimum Gasteiger partial charge on any atom is -0.478 e. The Morgan fingerprint density at radius 1 is 0.742 bits per heavy atom. The van der Waals surface area contributed by atoms with Crippen molar-refractivity contribution in [2.75, 3.05) is 6.61 Å². The lowest BCUT2D eigenvalue weighted by Crippen LogP contribution is -2.12. The lowest BCUT2D eigenvalue weighted by molar-refractivity contribution is 0.0487. The molecule has 0 aromatic heterocycles. The van der Waals surface area contributed by atoms with Crippen LogP contribution in [0, 0.1) is 0 Å². The van der Waals surface area contributed by atoms with Crippen LogP contribution in [0.4, 0.5) is 0 Å². The molecule has 0 spiro atoms. The number of rotatable bonds is 19. The SMILES string of the molecule is CCCCCCCCCC=CCCCCCCCCOC(=O)c1ccccc1C(=O)O. The van der Waals surface area contributed by atoms with Gasteiger partial charge in [0, 0.05) is 0 Å². The molecule has 1 aromatic rings. The molecule has 0 radical (unpaired) electrons. The average molecular weight is 431 g/mol. The van der Waals surface area contributed by atoms with Crippen molar-refractivity contribution >= 4 is 11.9 Å². The predicted octanol–water partition coefficient (Wildman–Crippen LogP) is 7.97. The van der Waals surface area contributed by atoms with Gasteiger partial charge in [0.2, 0.25) is 0 Å². The molecule has 1 rings (SSSR count). The van der Waals surface area contributed by atoms with Gasteiger partial charge >= 0.3 is 11.9 Å². The third kappa shape index (κ3) is 13.7. The highest BCUT2D eigenvalue weighted by molar-refractivity contribution is 6.02. The van der Waals surface area contributed by atoms with Crippen LogP contribution in [0.3, 0.4) is 0 Å². The summed E-state index contributed by atoms with van der Waals surface area (Å²) >= 11 is 0. The summed E-state index contributed by atoms with van der Waals surface area (Å²) in [6, 6.07) is 6.17. The largest absolute Gasteiger partial charge is 0.478 e. The summed E-state index contributed by atoms with van der Waals surface area (Å²) in [7, 11) is 0. The Hall–Kier alpha value is -2.10. The lowest BCUT2D eigenvalue weighted by Gasteiger charge is -2.07. The molecule has 4 heteroatoms. The van der Waals surface area contributed by atoms with Crippen molar-refractivity contribution in [1.29, 1.82) is 0 Å². The summed E-state index contributed by atoms with van der Waals surface area (Å²) in [4.78, 5) is 23.2. The van der Waals surface area contributed by atoms with E-state index in [4.69, 9.17) is 9.84 Å². The van der Waals surface area contributed by atoms with E-state index in [1.165, 1.54) is 89.2 Å². The minimum absolute atomic E-state index is 0.0102. The standard InChI is InChI=1S/C27H42O4/c1-2-3-4-5-6-7-8-9-10-11-12-13-14-15-16-17-20-23-31-27(30)25-22-19-18-21-24(25)26(28)29/h10-11,18-19,21-22H,2-9,12-17,20,23H2,1H3,(H,28,29). The molecule has 0 heterocycles. The number of carbonyl (C=O) groups excluding carboxylic acids is 1. The van der Waals surface area contributed by atoms with Gasteiger partial charge in [-0.1, -0.05) is 95.4 Å². The molecule has 0 aliphatic rings. The molecular weight excluding hydrogens is 388 g/mol. The van der Waals surface area contributed by atoms with Gasteiger partial charge in [0.05, 0.1) is 17.7 Å². The van der Waals surface area contributed by atoms with E-state index in [-0.39, 0.29) is 11.1 Å². The van der Waals surface area contributed by atoms with Crippen molar-refractivity contribution < 1.29 is 19.4 Å². The predicted molar refractivity (Wildman–Crippen MR) is 128 cm³/mol. The molecule has 0 aliphatic heterocycles. The molecule has 0 unspecified atom stereocenters. The van der Waals surface area contributed by atoms with Crippen LogP contribution in [0.15, 0.2) is 36.4 Å². The lowest BCUT2D eigenvalue weighted by atomic mass is 10.1. The molecular formula is C27H42O4. The minimum atomic E-state index is -1.11. The van der Waals surface area contributed by atoms with Gasteiger partial charge in [0.1, 0.15) is 0 Å². The third-order valence-electron chi connectivity index (χ3n) is 5.52. The van der Waals surface area contributed by atoms with Crippen molar-refractivity contribution in [1.82, 2.24) is 0 Å². The average Bonchev–Trinajstić information content (AvgIpc) is 2.78. The van der Waals surface area contributed by atoms with E-state index >= 15 is 0 Å². The second-order valence-corrected chi connectivity index (χ2v) is 8.28. The summed E-state index contributed by atoms with van der Waals surface area (Å²) in [5.74, 6) is -1.67. The van der Waals surface area contributed by atoms with Gasteiger partial charge < -0.3 is 9.84 Å². The van der Waals surface area contributed by atoms with Crippen molar-refractivity contribution in [2.45, 2.75) is 103 Å². The molecule has 0 aliphatic carbocycles. The summed E-state index contributed by atoms with van der Waals surface area (Å²) in [6.07, 6.45) is 23.4. The molecule has 0 fully saturated rings. The van der Waals surface area contributed by atoms with Crippen LogP contribution in [0.25, 0.3) is 0 Å². The highest BCUT2D eigenvalue weighted by Crippen LogP contribution is 2.12. The smallest absolute Gasteiger partial charge is 0.339 e. The number of allylic oxidation sites excluding steroid dienone is 2. The number of hydrogen-bond donors (Lipinski definition) is 1. The van der Waals surface area contributed by atoms with Crippen LogP contribution in [0.5, 0.6) is 0 Å². The Labute approximate surface area is 189 Å². The van der Waals surface area contributed by atoms with Crippen molar-refractivity contribution in [3.63, 3.8) is 0 Å². The molecule has 31 heavy (non-hydrogen) atoms. The Morgan fingerprint density at radius 3 is 1.77 bits per heavy atom. The first kappa shape index (κ1) is 26.9. The number of aromatic carboxylic acids is 1. The zero-order valence-electron chi connectivity index (χ0n) is 19.4. The number of benzene rings is 1. The number of hydrogen-bond acceptors (Lipinski definition) is 3. The molecule has 1 N–H and O–H groups in total. The van der Waals surface area contributed by atoms with Gasteiger partial charge in [-0.15, -0.1) is 0 Å². The fourth-order valence-corrected chi connectivity index (χ4v) is 3.62. The summed E-state index contributed by atoms with van der Waals surface area (Å²) in [6.45, 7) is 2.60. The number of carbonyl (C=O) groups is 2. The van der Waals surface area contributed by atoms with E-state index in [0.717, 1.165) is 19.3 Å². The Bertz CT molecular complexity index is 636. The van der Waals surface area contributed by atoms with Gasteiger partial charge in [-0.25, -0.2) is 9.59 Å². The molecule has 0 atom stereocenters. The van der Waals surface area contributed by atoms with Gasteiger partial charge in [-0.05, 0) is 44.2 Å². The fraction of sp³-hybridized carbons (Fsp3) is 0.630. The quantitative estimate of drug-likeness (QED) is 0.137. The second-order valence-electron chi connectivity index (χ2n) is 8.28. The number of carboxylic acids is 1. The second kappa shape index (κ2) is 18.7. The van der Waals surface area contributed by atoms with Gasteiger partial charge in [-0.2, -0.15) is 0 Å². The fourth-order valence-electron chi connectivity index (χ4n) is 3.62. The topological polar surface area (TPSA) is 63.6 Å². The first-order chi connectivity index (χ1) is 15.2. The zero-order valence-corrected chi connectivity index (χ0v) is 19.4. The van der Waals surface area contributed by atoms with Crippen LogP contribution in [-0.2, 0) is 4.74 Å². The number of esters is 1. The van der Waals surface area contributed by atoms with E-state index in [1.807, 2.05) is 0 Å². The van der Waals surface area contributed by atoms with E-state index < -0.39 is 11.9 Å². The maximum atomic E-state index is 12.0. The number of carboxylic acid groups (broad SMARTS) is 1. The van der Waals surface area contributed by atoms with Gasteiger partial charge in [-0.3, -0.25) is 0 Å². The molecule has 174 valence electrons. The summed E-state index contributed by atoms with van der Waals surface area (Å²) in [5.41, 5.74) is 0.110. The van der Waals surface area contributed by atoms with Crippen molar-refractivity contribution in [3.05, 3.63) is 47.5 Å².